The van der Waals surface area contributed by atoms with E-state index < -0.39 is 0 Å². The SMILES string of the molecule is CC1CCCCCN1c1ccc(CCN)cc1Br. The first-order valence-electron chi connectivity index (χ1n) is 6.97. The van der Waals surface area contributed by atoms with E-state index in [9.17, 15) is 0 Å². The van der Waals surface area contributed by atoms with Crippen LogP contribution in [-0.2, 0) is 6.42 Å². The Morgan fingerprint density at radius 1 is 1.33 bits per heavy atom. The molecule has 0 bridgehead atoms. The lowest BCUT2D eigenvalue weighted by Gasteiger charge is -2.30. The van der Waals surface area contributed by atoms with Gasteiger partial charge in [-0.2, -0.15) is 0 Å². The van der Waals surface area contributed by atoms with Crippen molar-refractivity contribution in [3.8, 4) is 0 Å². The van der Waals surface area contributed by atoms with Gasteiger partial charge < -0.3 is 10.6 Å². The predicted molar refractivity (Wildman–Crippen MR) is 82.2 cm³/mol. The Kier molecular flexibility index (Phi) is 5.07. The number of rotatable bonds is 3. The summed E-state index contributed by atoms with van der Waals surface area (Å²) in [5.41, 5.74) is 8.26. The molecule has 18 heavy (non-hydrogen) atoms. The molecule has 100 valence electrons. The van der Waals surface area contributed by atoms with Crippen LogP contribution >= 0.6 is 15.9 Å². The van der Waals surface area contributed by atoms with Gasteiger partial charge in [-0.15, -0.1) is 0 Å². The summed E-state index contributed by atoms with van der Waals surface area (Å²) in [6, 6.07) is 7.32. The van der Waals surface area contributed by atoms with Crippen LogP contribution in [0.15, 0.2) is 22.7 Å². The number of benzene rings is 1. The summed E-state index contributed by atoms with van der Waals surface area (Å²) in [6.45, 7) is 4.23. The number of nitrogens with two attached hydrogens (primary N) is 1. The van der Waals surface area contributed by atoms with E-state index >= 15 is 0 Å². The van der Waals surface area contributed by atoms with Crippen LogP contribution in [0.3, 0.4) is 0 Å². The zero-order valence-electron chi connectivity index (χ0n) is 11.2. The third-order valence-corrected chi connectivity index (χ3v) is 4.44. The highest BCUT2D eigenvalue weighted by atomic mass is 79.9. The Morgan fingerprint density at radius 3 is 2.89 bits per heavy atom. The molecule has 1 heterocycles. The van der Waals surface area contributed by atoms with Gasteiger partial charge in [0.1, 0.15) is 0 Å². The van der Waals surface area contributed by atoms with Crippen molar-refractivity contribution in [1.29, 1.82) is 0 Å². The number of nitrogens with zero attached hydrogens (tertiary/aromatic N) is 1. The predicted octanol–water partition coefficient (Wildman–Crippen LogP) is 3.72. The van der Waals surface area contributed by atoms with Gasteiger partial charge in [0.2, 0.25) is 0 Å². The van der Waals surface area contributed by atoms with Gasteiger partial charge in [0.15, 0.2) is 0 Å². The molecule has 0 spiro atoms. The van der Waals surface area contributed by atoms with Crippen molar-refractivity contribution in [2.75, 3.05) is 18.0 Å². The minimum Gasteiger partial charge on any atom is -0.368 e. The number of halogens is 1. The molecule has 3 heteroatoms. The van der Waals surface area contributed by atoms with Gasteiger partial charge in [-0.3, -0.25) is 0 Å². The Labute approximate surface area is 119 Å². The fraction of sp³-hybridized carbons (Fsp3) is 0.600. The average molecular weight is 311 g/mol. The zero-order chi connectivity index (χ0) is 13.0. The van der Waals surface area contributed by atoms with Gasteiger partial charge in [0.05, 0.1) is 5.69 Å². The first-order chi connectivity index (χ1) is 8.72. The lowest BCUT2D eigenvalue weighted by atomic mass is 10.1. The number of anilines is 1. The van der Waals surface area contributed by atoms with E-state index in [1.165, 1.54) is 48.0 Å². The van der Waals surface area contributed by atoms with E-state index in [2.05, 4.69) is 46.0 Å². The Morgan fingerprint density at radius 2 is 2.17 bits per heavy atom. The van der Waals surface area contributed by atoms with Gasteiger partial charge in [-0.25, -0.2) is 0 Å². The highest BCUT2D eigenvalue weighted by Crippen LogP contribution is 2.31. The number of hydrogen-bond acceptors (Lipinski definition) is 2. The van der Waals surface area contributed by atoms with E-state index in [1.807, 2.05) is 0 Å². The van der Waals surface area contributed by atoms with Crippen LogP contribution in [0.4, 0.5) is 5.69 Å². The molecule has 1 fully saturated rings. The monoisotopic (exact) mass is 310 g/mol. The molecule has 1 aromatic rings. The maximum atomic E-state index is 5.61. The van der Waals surface area contributed by atoms with Crippen molar-refractivity contribution in [1.82, 2.24) is 0 Å². The van der Waals surface area contributed by atoms with Gasteiger partial charge in [-0.1, -0.05) is 18.9 Å². The molecule has 0 aliphatic carbocycles. The van der Waals surface area contributed by atoms with Crippen molar-refractivity contribution in [3.63, 3.8) is 0 Å². The van der Waals surface area contributed by atoms with E-state index in [4.69, 9.17) is 5.73 Å². The van der Waals surface area contributed by atoms with Crippen molar-refractivity contribution in [2.45, 2.75) is 45.1 Å². The maximum absolute atomic E-state index is 5.61. The average Bonchev–Trinajstić information content (AvgIpc) is 2.55. The van der Waals surface area contributed by atoms with Crippen molar-refractivity contribution in [3.05, 3.63) is 28.2 Å². The Hall–Kier alpha value is -0.540. The quantitative estimate of drug-likeness (QED) is 0.922. The molecule has 2 nitrogen and oxygen atoms in total. The molecule has 1 aliphatic heterocycles. The lowest BCUT2D eigenvalue weighted by molar-refractivity contribution is 0.615. The number of hydrogen-bond donors (Lipinski definition) is 1. The van der Waals surface area contributed by atoms with Crippen LogP contribution in [0, 0.1) is 0 Å². The first kappa shape index (κ1) is 13.9. The maximum Gasteiger partial charge on any atom is 0.0513 e. The van der Waals surface area contributed by atoms with Crippen molar-refractivity contribution < 1.29 is 0 Å². The van der Waals surface area contributed by atoms with Gasteiger partial charge in [0, 0.05) is 17.1 Å². The minimum atomic E-state index is 0.643. The van der Waals surface area contributed by atoms with Crippen LogP contribution in [0.25, 0.3) is 0 Å². The molecular formula is C15H23BrN2. The minimum absolute atomic E-state index is 0.643. The van der Waals surface area contributed by atoms with Crippen LogP contribution in [0.1, 0.15) is 38.2 Å². The van der Waals surface area contributed by atoms with E-state index in [0.717, 1.165) is 6.42 Å². The second-order valence-electron chi connectivity index (χ2n) is 5.22. The largest absolute Gasteiger partial charge is 0.368 e. The third-order valence-electron chi connectivity index (χ3n) is 3.81. The zero-order valence-corrected chi connectivity index (χ0v) is 12.7. The van der Waals surface area contributed by atoms with E-state index in [-0.39, 0.29) is 0 Å². The summed E-state index contributed by atoms with van der Waals surface area (Å²) in [7, 11) is 0. The van der Waals surface area contributed by atoms with E-state index in [0.29, 0.717) is 12.6 Å². The highest BCUT2D eigenvalue weighted by molar-refractivity contribution is 9.10. The standard InChI is InChI=1S/C15H23BrN2/c1-12-5-3-2-4-10-18(12)15-7-6-13(8-9-17)11-14(15)16/h6-7,11-12H,2-5,8-10,17H2,1H3. The topological polar surface area (TPSA) is 29.3 Å². The summed E-state index contributed by atoms with van der Waals surface area (Å²) in [5.74, 6) is 0. The third kappa shape index (κ3) is 3.27. The van der Waals surface area contributed by atoms with Crippen molar-refractivity contribution in [2.24, 2.45) is 5.73 Å². The molecule has 1 unspecified atom stereocenters. The second-order valence-corrected chi connectivity index (χ2v) is 6.07. The molecular weight excluding hydrogens is 288 g/mol. The molecule has 1 saturated heterocycles. The summed E-state index contributed by atoms with van der Waals surface area (Å²) in [5, 5.41) is 0. The lowest BCUT2D eigenvalue weighted by Crippen LogP contribution is -2.32. The molecule has 1 aliphatic rings. The van der Waals surface area contributed by atoms with Crippen LogP contribution in [0.5, 0.6) is 0 Å². The van der Waals surface area contributed by atoms with Gasteiger partial charge in [0.25, 0.3) is 0 Å². The first-order valence-corrected chi connectivity index (χ1v) is 7.77. The van der Waals surface area contributed by atoms with Crippen LogP contribution in [-0.4, -0.2) is 19.1 Å². The fourth-order valence-corrected chi connectivity index (χ4v) is 3.39. The van der Waals surface area contributed by atoms with E-state index in [1.54, 1.807) is 0 Å². The normalized spacial score (nSPS) is 20.8. The highest BCUT2D eigenvalue weighted by Gasteiger charge is 2.19. The second kappa shape index (κ2) is 6.58. The summed E-state index contributed by atoms with van der Waals surface area (Å²) >= 11 is 3.72. The fourth-order valence-electron chi connectivity index (χ4n) is 2.74. The molecule has 2 N–H and O–H groups in total. The molecule has 0 aromatic heterocycles. The molecule has 1 atom stereocenters. The summed E-state index contributed by atoms with van der Waals surface area (Å²) in [6.07, 6.45) is 6.29. The Balaban J connectivity index is 2.20. The molecule has 0 radical (unpaired) electrons. The van der Waals surface area contributed by atoms with Crippen LogP contribution < -0.4 is 10.6 Å². The molecule has 2 rings (SSSR count). The van der Waals surface area contributed by atoms with Crippen LogP contribution in [0.2, 0.25) is 0 Å². The molecule has 0 saturated carbocycles. The van der Waals surface area contributed by atoms with Gasteiger partial charge >= 0.3 is 0 Å². The summed E-state index contributed by atoms with van der Waals surface area (Å²) < 4.78 is 1.21. The summed E-state index contributed by atoms with van der Waals surface area (Å²) in [4.78, 5) is 2.54. The Bertz CT molecular complexity index is 392. The smallest absolute Gasteiger partial charge is 0.0513 e. The molecule has 0 amide bonds. The molecule has 1 aromatic carbocycles. The van der Waals surface area contributed by atoms with Crippen molar-refractivity contribution >= 4 is 21.6 Å². The van der Waals surface area contributed by atoms with Gasteiger partial charge in [-0.05, 0) is 66.4 Å².